The average molecular weight is 474 g/mol. The lowest BCUT2D eigenvalue weighted by atomic mass is 10.2. The molecule has 0 radical (unpaired) electrons. The highest BCUT2D eigenvalue weighted by Crippen LogP contribution is 2.27. The Morgan fingerprint density at radius 1 is 1.16 bits per heavy atom. The van der Waals surface area contributed by atoms with E-state index in [1.807, 2.05) is 47.9 Å². The zero-order chi connectivity index (χ0) is 22.9. The van der Waals surface area contributed by atoms with Crippen molar-refractivity contribution in [3.63, 3.8) is 0 Å². The number of thiazole rings is 1. The van der Waals surface area contributed by atoms with Crippen molar-refractivity contribution in [3.05, 3.63) is 52.8 Å². The van der Waals surface area contributed by atoms with Gasteiger partial charge in [0.05, 0.1) is 17.3 Å². The molecule has 1 aromatic heterocycles. The van der Waals surface area contributed by atoms with Gasteiger partial charge in [-0.25, -0.2) is 8.42 Å². The van der Waals surface area contributed by atoms with Gasteiger partial charge in [0.25, 0.3) is 5.91 Å². The van der Waals surface area contributed by atoms with Crippen LogP contribution in [0.15, 0.2) is 47.5 Å². The van der Waals surface area contributed by atoms with Crippen LogP contribution in [0.1, 0.15) is 12.5 Å². The maximum Gasteiger partial charge on any atom is 0.263 e. The van der Waals surface area contributed by atoms with E-state index < -0.39 is 33.2 Å². The lowest BCUT2D eigenvalue weighted by Gasteiger charge is -2.17. The van der Waals surface area contributed by atoms with E-state index in [-0.39, 0.29) is 0 Å². The molecule has 10 heteroatoms. The molecule has 8 nitrogen and oxygen atoms in total. The van der Waals surface area contributed by atoms with E-state index in [2.05, 4.69) is 4.99 Å². The number of sulfone groups is 1. The first-order valence-electron chi connectivity index (χ1n) is 10.1. The summed E-state index contributed by atoms with van der Waals surface area (Å²) in [5, 5.41) is 0. The molecule has 0 bridgehead atoms. The Morgan fingerprint density at radius 3 is 2.69 bits per heavy atom. The quantitative estimate of drug-likeness (QED) is 0.547. The minimum absolute atomic E-state index is 0.413. The normalized spacial score (nSPS) is 14.1. The Labute approximate surface area is 189 Å². The summed E-state index contributed by atoms with van der Waals surface area (Å²) in [6.45, 7) is 2.93. The fourth-order valence-electron chi connectivity index (χ4n) is 3.81. The van der Waals surface area contributed by atoms with Crippen LogP contribution >= 0.6 is 11.3 Å². The van der Waals surface area contributed by atoms with Gasteiger partial charge in [-0.1, -0.05) is 29.5 Å². The van der Waals surface area contributed by atoms with Crippen molar-refractivity contribution in [1.82, 2.24) is 4.57 Å². The van der Waals surface area contributed by atoms with Crippen molar-refractivity contribution in [2.75, 3.05) is 30.1 Å². The fourth-order valence-corrected chi connectivity index (χ4v) is 6.03. The van der Waals surface area contributed by atoms with Crippen LogP contribution in [0.3, 0.4) is 0 Å². The van der Waals surface area contributed by atoms with Gasteiger partial charge >= 0.3 is 0 Å². The van der Waals surface area contributed by atoms with Gasteiger partial charge in [0.15, 0.2) is 14.6 Å². The first-order chi connectivity index (χ1) is 15.3. The van der Waals surface area contributed by atoms with Crippen LogP contribution in [-0.2, 0) is 32.4 Å². The first-order valence-corrected chi connectivity index (χ1v) is 12.8. The number of methoxy groups -OCH3 is 1. The summed E-state index contributed by atoms with van der Waals surface area (Å²) in [6, 6.07) is 13.0. The van der Waals surface area contributed by atoms with E-state index in [9.17, 15) is 18.0 Å². The number of anilines is 1. The number of carbonyl (C=O) groups is 2. The largest absolute Gasteiger partial charge is 0.497 e. The molecule has 0 saturated heterocycles. The van der Waals surface area contributed by atoms with E-state index in [1.165, 1.54) is 16.2 Å². The number of para-hydroxylation sites is 1. The molecule has 3 aromatic rings. The summed E-state index contributed by atoms with van der Waals surface area (Å²) in [5.41, 5.74) is 2.62. The number of amides is 2. The summed E-state index contributed by atoms with van der Waals surface area (Å²) in [4.78, 5) is 31.1. The summed E-state index contributed by atoms with van der Waals surface area (Å²) in [7, 11) is -2.39. The molecule has 4 rings (SSSR count). The molecule has 0 spiro atoms. The summed E-state index contributed by atoms with van der Waals surface area (Å²) < 4.78 is 33.1. The lowest BCUT2D eigenvalue weighted by molar-refractivity contribution is -0.116. The van der Waals surface area contributed by atoms with Crippen molar-refractivity contribution >= 4 is 48.9 Å². The number of nitrogens with zero attached hydrogens (tertiary/aromatic N) is 3. The van der Waals surface area contributed by atoms with E-state index in [0.717, 1.165) is 21.5 Å². The molecular formula is C22H23N3O5S2. The molecule has 0 N–H and O–H groups in total. The van der Waals surface area contributed by atoms with E-state index in [0.29, 0.717) is 30.1 Å². The Morgan fingerprint density at radius 2 is 1.94 bits per heavy atom. The maximum absolute atomic E-state index is 12.6. The highest BCUT2D eigenvalue weighted by molar-refractivity contribution is 7.92. The van der Waals surface area contributed by atoms with Crippen molar-refractivity contribution in [1.29, 1.82) is 0 Å². The Bertz CT molecular complexity index is 1370. The lowest BCUT2D eigenvalue weighted by Crippen LogP contribution is -2.36. The third kappa shape index (κ3) is 4.46. The van der Waals surface area contributed by atoms with Crippen molar-refractivity contribution in [3.8, 4) is 5.75 Å². The minimum Gasteiger partial charge on any atom is -0.497 e. The van der Waals surface area contributed by atoms with Gasteiger partial charge < -0.3 is 14.2 Å². The minimum atomic E-state index is -3.96. The van der Waals surface area contributed by atoms with Crippen LogP contribution in [0.2, 0.25) is 0 Å². The predicted molar refractivity (Wildman–Crippen MR) is 124 cm³/mol. The smallest absolute Gasteiger partial charge is 0.263 e. The summed E-state index contributed by atoms with van der Waals surface area (Å²) in [5.74, 6) is -2.17. The molecule has 32 heavy (non-hydrogen) atoms. The number of fused-ring (bicyclic) bond motifs is 2. The predicted octanol–water partition coefficient (Wildman–Crippen LogP) is 2.16. The number of hydrogen-bond donors (Lipinski definition) is 0. The van der Waals surface area contributed by atoms with Crippen molar-refractivity contribution < 1.29 is 22.7 Å². The van der Waals surface area contributed by atoms with E-state index in [4.69, 9.17) is 4.74 Å². The number of carbonyl (C=O) groups excluding carboxylic acids is 2. The zero-order valence-electron chi connectivity index (χ0n) is 17.8. The highest BCUT2D eigenvalue weighted by atomic mass is 32.2. The molecule has 1 aliphatic heterocycles. The third-order valence-corrected chi connectivity index (χ3v) is 7.72. The number of aromatic nitrogens is 1. The molecule has 0 atom stereocenters. The molecule has 0 saturated carbocycles. The summed E-state index contributed by atoms with van der Waals surface area (Å²) >= 11 is 1.28. The fraction of sp³-hybridized carbons (Fsp3) is 0.318. The molecule has 0 aliphatic carbocycles. The molecular weight excluding hydrogens is 450 g/mol. The Hall–Kier alpha value is -2.98. The maximum atomic E-state index is 12.6. The molecule has 1 aliphatic rings. The van der Waals surface area contributed by atoms with Crippen LogP contribution in [0.5, 0.6) is 5.75 Å². The van der Waals surface area contributed by atoms with Crippen LogP contribution < -0.4 is 14.4 Å². The van der Waals surface area contributed by atoms with E-state index >= 15 is 0 Å². The van der Waals surface area contributed by atoms with Gasteiger partial charge in [0, 0.05) is 18.8 Å². The second-order valence-electron chi connectivity index (χ2n) is 7.42. The van der Waals surface area contributed by atoms with Gasteiger partial charge in [-0.05, 0) is 43.2 Å². The number of benzene rings is 2. The zero-order valence-corrected chi connectivity index (χ0v) is 19.4. The first kappa shape index (κ1) is 22.2. The Balaban J connectivity index is 1.52. The molecule has 2 amide bonds. The van der Waals surface area contributed by atoms with Gasteiger partial charge in [0.2, 0.25) is 5.91 Å². The molecule has 2 heterocycles. The molecule has 168 valence electrons. The van der Waals surface area contributed by atoms with Crippen LogP contribution in [0.25, 0.3) is 10.2 Å². The van der Waals surface area contributed by atoms with Gasteiger partial charge in [-0.3, -0.25) is 9.59 Å². The highest BCUT2D eigenvalue weighted by Gasteiger charge is 2.29. The van der Waals surface area contributed by atoms with Crippen LogP contribution in [0.4, 0.5) is 5.69 Å². The topological polar surface area (TPSA) is 98.0 Å². The van der Waals surface area contributed by atoms with Crippen LogP contribution in [-0.4, -0.2) is 50.0 Å². The van der Waals surface area contributed by atoms with Crippen LogP contribution in [0, 0.1) is 0 Å². The van der Waals surface area contributed by atoms with Crippen molar-refractivity contribution in [2.24, 2.45) is 4.99 Å². The van der Waals surface area contributed by atoms with Crippen molar-refractivity contribution in [2.45, 2.75) is 19.9 Å². The number of ether oxygens (including phenoxy) is 1. The number of hydrogen-bond acceptors (Lipinski definition) is 6. The monoisotopic (exact) mass is 473 g/mol. The number of rotatable bonds is 6. The standard InChI is InChI=1S/C22H23N3O5S2/c1-3-24-18-9-8-16(30-2)12-19(18)31-22(24)23-20(26)13-32(28,29)14-21(27)25-11-10-15-6-4-5-7-17(15)25/h4-9,12H,3,10-11,13-14H2,1-2H3. The number of aryl methyl sites for hydroxylation is 1. The Kier molecular flexibility index (Phi) is 6.16. The molecule has 0 fully saturated rings. The van der Waals surface area contributed by atoms with Gasteiger partial charge in [0.1, 0.15) is 17.3 Å². The second kappa shape index (κ2) is 8.87. The van der Waals surface area contributed by atoms with Gasteiger partial charge in [-0.2, -0.15) is 4.99 Å². The van der Waals surface area contributed by atoms with E-state index in [1.54, 1.807) is 13.2 Å². The second-order valence-corrected chi connectivity index (χ2v) is 10.5. The molecule has 2 aromatic carbocycles. The molecule has 0 unspecified atom stereocenters. The third-order valence-electron chi connectivity index (χ3n) is 5.30. The average Bonchev–Trinajstić information content (AvgIpc) is 3.32. The van der Waals surface area contributed by atoms with Gasteiger partial charge in [-0.15, -0.1) is 0 Å². The SMILES string of the molecule is CCn1c(=NC(=O)CS(=O)(=O)CC(=O)N2CCc3ccccc32)sc2cc(OC)ccc21. The summed E-state index contributed by atoms with van der Waals surface area (Å²) in [6.07, 6.45) is 0.684.